The van der Waals surface area contributed by atoms with Gasteiger partial charge in [0.05, 0.1) is 28.9 Å². The van der Waals surface area contributed by atoms with E-state index in [0.717, 1.165) is 11.1 Å². The molecule has 41 heavy (non-hydrogen) atoms. The molecule has 0 fully saturated rings. The van der Waals surface area contributed by atoms with Crippen LogP contribution in [-0.4, -0.2) is 9.55 Å². The fourth-order valence-electron chi connectivity index (χ4n) is 5.40. The van der Waals surface area contributed by atoms with Gasteiger partial charge < -0.3 is 0 Å². The molecule has 0 bridgehead atoms. The van der Waals surface area contributed by atoms with Crippen molar-refractivity contribution in [2.24, 2.45) is 0 Å². The second-order valence-electron chi connectivity index (χ2n) is 9.43. The zero-order valence-corrected chi connectivity index (χ0v) is 21.4. The number of rotatable bonds is 4. The minimum Gasteiger partial charge on any atom is -0.292 e. The number of benzene rings is 7. The summed E-state index contributed by atoms with van der Waals surface area (Å²) >= 11 is 0. The summed E-state index contributed by atoms with van der Waals surface area (Å²) in [6.07, 6.45) is 0. The topological polar surface area (TPSA) is 17.8 Å². The maximum Gasteiger partial charge on any atom is 0.146 e. The Kier molecular flexibility index (Phi) is 3.22. The van der Waals surface area contributed by atoms with Gasteiger partial charge in [-0.2, -0.15) is 0 Å². The van der Waals surface area contributed by atoms with Crippen molar-refractivity contribution < 1.29 is 17.8 Å². The highest BCUT2D eigenvalue weighted by Gasteiger charge is 2.22. The molecule has 8 aromatic rings. The molecular weight excluding hydrogens is 496 g/mol. The number of hydrogen-bond acceptors (Lipinski definition) is 1. The molecule has 2 nitrogen and oxygen atoms in total. The minimum atomic E-state index is -0.624. The van der Waals surface area contributed by atoms with Crippen molar-refractivity contribution in [2.75, 3.05) is 0 Å². The van der Waals surface area contributed by atoms with Crippen molar-refractivity contribution in [2.45, 2.75) is 0 Å². The lowest BCUT2D eigenvalue weighted by atomic mass is 9.87. The molecule has 0 aliphatic heterocycles. The molecule has 0 spiro atoms. The quantitative estimate of drug-likeness (QED) is 0.205. The van der Waals surface area contributed by atoms with E-state index in [0.29, 0.717) is 11.1 Å². The summed E-state index contributed by atoms with van der Waals surface area (Å²) in [6.45, 7) is 0. The SMILES string of the molecule is [2H]c1c([2H])c([2H])c(-n2c(-c3c4c([2H])c([2H])c([2H])c([2H])c4c(-c4cccc(-c5ccccc5)c4)c4c([2H])c([2H])c([2H])c([2H])c34)nc3ccccc32)c([2H])c1[2H]. The van der Waals surface area contributed by atoms with E-state index in [9.17, 15) is 5.48 Å². The van der Waals surface area contributed by atoms with Gasteiger partial charge in [0.1, 0.15) is 5.82 Å². The summed E-state index contributed by atoms with van der Waals surface area (Å²) in [5, 5.41) is -0.332. The summed E-state index contributed by atoms with van der Waals surface area (Å²) in [6, 6.07) is 15.8. The Hall–Kier alpha value is -5.47. The van der Waals surface area contributed by atoms with Gasteiger partial charge >= 0.3 is 0 Å². The first-order chi connectivity index (χ1) is 25.8. The summed E-state index contributed by atoms with van der Waals surface area (Å²) in [7, 11) is 0. The Morgan fingerprint density at radius 2 is 1.05 bits per heavy atom. The number of imidazole rings is 1. The molecule has 1 heterocycles. The van der Waals surface area contributed by atoms with E-state index in [4.69, 9.17) is 17.3 Å². The molecule has 0 aliphatic rings. The van der Waals surface area contributed by atoms with E-state index in [1.807, 2.05) is 36.4 Å². The molecule has 0 unspecified atom stereocenters. The van der Waals surface area contributed by atoms with Gasteiger partial charge in [0, 0.05) is 11.3 Å². The second-order valence-corrected chi connectivity index (χ2v) is 9.43. The molecule has 0 N–H and O–H groups in total. The van der Waals surface area contributed by atoms with E-state index in [1.54, 1.807) is 42.5 Å². The molecule has 1 aromatic heterocycles. The smallest absolute Gasteiger partial charge is 0.146 e. The third-order valence-corrected chi connectivity index (χ3v) is 7.13. The van der Waals surface area contributed by atoms with Crippen LogP contribution in [0.4, 0.5) is 0 Å². The summed E-state index contributed by atoms with van der Waals surface area (Å²) < 4.78 is 117. The van der Waals surface area contributed by atoms with E-state index >= 15 is 0 Å². The lowest BCUT2D eigenvalue weighted by Crippen LogP contribution is -1.99. The molecule has 0 saturated heterocycles. The van der Waals surface area contributed by atoms with E-state index in [-0.39, 0.29) is 49.7 Å². The normalized spacial score (nSPS) is 15.9. The van der Waals surface area contributed by atoms with Crippen molar-refractivity contribution in [1.29, 1.82) is 0 Å². The zero-order chi connectivity index (χ0) is 38.5. The third kappa shape index (κ3) is 3.84. The predicted molar refractivity (Wildman–Crippen MR) is 172 cm³/mol. The molecule has 0 saturated carbocycles. The summed E-state index contributed by atoms with van der Waals surface area (Å²) in [5.41, 5.74) is 2.33. The number of hydrogen-bond donors (Lipinski definition) is 0. The number of nitrogens with zero attached hydrogens (tertiary/aromatic N) is 2. The van der Waals surface area contributed by atoms with E-state index < -0.39 is 78.6 Å². The summed E-state index contributed by atoms with van der Waals surface area (Å²) in [5.74, 6) is -0.149. The predicted octanol–water partition coefficient (Wildman–Crippen LogP) is 10.3. The van der Waals surface area contributed by atoms with Crippen LogP contribution in [0.5, 0.6) is 0 Å². The maximum atomic E-state index is 9.36. The lowest BCUT2D eigenvalue weighted by molar-refractivity contribution is 1.11. The Bertz CT molecular complexity index is 2810. The van der Waals surface area contributed by atoms with Gasteiger partial charge in [-0.25, -0.2) is 4.98 Å². The van der Waals surface area contributed by atoms with Gasteiger partial charge in [-0.3, -0.25) is 4.57 Å². The van der Waals surface area contributed by atoms with Crippen LogP contribution in [0, 0.1) is 0 Å². The van der Waals surface area contributed by atoms with Crippen LogP contribution in [0.15, 0.2) is 157 Å². The fourth-order valence-corrected chi connectivity index (χ4v) is 5.40. The van der Waals surface area contributed by atoms with Gasteiger partial charge in [0.15, 0.2) is 0 Å². The van der Waals surface area contributed by atoms with Crippen LogP contribution in [0.2, 0.25) is 0 Å². The fraction of sp³-hybridized carbons (Fsp3) is 0. The van der Waals surface area contributed by atoms with Crippen LogP contribution in [0.1, 0.15) is 17.8 Å². The van der Waals surface area contributed by atoms with Crippen molar-refractivity contribution in [3.05, 3.63) is 157 Å². The van der Waals surface area contributed by atoms with Crippen molar-refractivity contribution in [3.8, 4) is 39.3 Å². The van der Waals surface area contributed by atoms with Crippen molar-refractivity contribution in [1.82, 2.24) is 9.55 Å². The molecular formula is C39H26N2. The molecule has 0 radical (unpaired) electrons. The Labute approximate surface area is 257 Å². The Morgan fingerprint density at radius 3 is 1.76 bits per heavy atom. The van der Waals surface area contributed by atoms with Crippen LogP contribution in [0.3, 0.4) is 0 Å². The minimum absolute atomic E-state index is 0.0431. The number of para-hydroxylation sites is 3. The maximum absolute atomic E-state index is 9.36. The molecule has 2 heteroatoms. The van der Waals surface area contributed by atoms with E-state index in [1.165, 1.54) is 4.57 Å². The molecule has 8 rings (SSSR count). The van der Waals surface area contributed by atoms with E-state index in [2.05, 4.69) is 0 Å². The number of aromatic nitrogens is 2. The molecule has 0 amide bonds. The van der Waals surface area contributed by atoms with Gasteiger partial charge in [-0.1, -0.05) is 127 Å². The molecule has 0 aliphatic carbocycles. The Balaban J connectivity index is 1.68. The average molecular weight is 536 g/mol. The van der Waals surface area contributed by atoms with Crippen LogP contribution >= 0.6 is 0 Å². The third-order valence-electron chi connectivity index (χ3n) is 7.13. The average Bonchev–Trinajstić information content (AvgIpc) is 3.57. The highest BCUT2D eigenvalue weighted by Crippen LogP contribution is 2.45. The van der Waals surface area contributed by atoms with Crippen molar-refractivity contribution in [3.63, 3.8) is 0 Å². The van der Waals surface area contributed by atoms with Crippen LogP contribution < -0.4 is 0 Å². The zero-order valence-electron chi connectivity index (χ0n) is 34.4. The first-order valence-corrected chi connectivity index (χ1v) is 12.9. The summed E-state index contributed by atoms with van der Waals surface area (Å²) in [4.78, 5) is 4.85. The van der Waals surface area contributed by atoms with Crippen LogP contribution in [-0.2, 0) is 0 Å². The van der Waals surface area contributed by atoms with Gasteiger partial charge in [0.25, 0.3) is 0 Å². The number of fused-ring (bicyclic) bond motifs is 3. The Morgan fingerprint density at radius 1 is 0.488 bits per heavy atom. The highest BCUT2D eigenvalue weighted by atomic mass is 15.1. The lowest BCUT2D eigenvalue weighted by Gasteiger charge is -2.18. The van der Waals surface area contributed by atoms with Crippen molar-refractivity contribution >= 4 is 32.6 Å². The standard InChI is InChI=1S/C39H26N2/c1-3-14-27(15-4-1)28-16-13-17-29(26-28)37-31-20-7-9-22-33(31)38(34-23-10-8-21-32(34)37)39-40-35-24-11-12-25-36(35)41(39)30-18-5-2-6-19-30/h1-26H/i2D,5D,6D,7D,8D,9D,10D,18D,19D,20D,21D,22D,23D. The molecule has 192 valence electrons. The second kappa shape index (κ2) is 9.62. The largest absolute Gasteiger partial charge is 0.292 e. The van der Waals surface area contributed by atoms with Gasteiger partial charge in [-0.15, -0.1) is 0 Å². The van der Waals surface area contributed by atoms with Gasteiger partial charge in [-0.05, 0) is 74.1 Å². The van der Waals surface area contributed by atoms with Crippen LogP contribution in [0.25, 0.3) is 71.9 Å². The monoisotopic (exact) mass is 535 g/mol. The highest BCUT2D eigenvalue weighted by molar-refractivity contribution is 6.21. The first kappa shape index (κ1) is 13.7. The molecule has 0 atom stereocenters. The van der Waals surface area contributed by atoms with Gasteiger partial charge in [0.2, 0.25) is 0 Å². The first-order valence-electron chi connectivity index (χ1n) is 19.4. The molecule has 7 aromatic carbocycles.